The van der Waals surface area contributed by atoms with Gasteiger partial charge >= 0.3 is 10.1 Å². The van der Waals surface area contributed by atoms with E-state index in [9.17, 15) is 13.0 Å². The second-order valence-electron chi connectivity index (χ2n) is 4.87. The minimum absolute atomic E-state index is 0.433. The SMILES string of the molecule is O=S(=O)(O)c1nc(Cc2ccccc2)c(-c2ccccc2)[nH]1. The van der Waals surface area contributed by atoms with Crippen molar-refractivity contribution in [3.63, 3.8) is 0 Å². The summed E-state index contributed by atoms with van der Waals surface area (Å²) in [7, 11) is -4.37. The standard InChI is InChI=1S/C16H14N2O3S/c19-22(20,21)16-17-14(11-12-7-3-1-4-8-12)15(18-16)13-9-5-2-6-10-13/h1-10H,11H2,(H,17,18)(H,19,20,21). The van der Waals surface area contributed by atoms with Crippen LogP contribution in [0, 0.1) is 0 Å². The van der Waals surface area contributed by atoms with Crippen LogP contribution in [0.4, 0.5) is 0 Å². The van der Waals surface area contributed by atoms with Gasteiger partial charge in [0.15, 0.2) is 0 Å². The van der Waals surface area contributed by atoms with Gasteiger partial charge in [0, 0.05) is 6.42 Å². The molecule has 0 unspecified atom stereocenters. The van der Waals surface area contributed by atoms with Crippen molar-refractivity contribution in [2.45, 2.75) is 11.6 Å². The fourth-order valence-corrected chi connectivity index (χ4v) is 2.72. The molecule has 3 aromatic rings. The molecule has 3 rings (SSSR count). The first-order valence-corrected chi connectivity index (χ1v) is 8.14. The smallest absolute Gasteiger partial charge is 0.326 e. The Balaban J connectivity index is 2.09. The maximum absolute atomic E-state index is 11.3. The molecule has 1 heterocycles. The minimum atomic E-state index is -4.37. The number of rotatable bonds is 4. The van der Waals surface area contributed by atoms with Crippen molar-refractivity contribution in [1.82, 2.24) is 9.97 Å². The van der Waals surface area contributed by atoms with Gasteiger partial charge in [0.05, 0.1) is 11.4 Å². The predicted molar refractivity (Wildman–Crippen MR) is 83.1 cm³/mol. The third-order valence-corrected chi connectivity index (χ3v) is 3.96. The van der Waals surface area contributed by atoms with Crippen molar-refractivity contribution in [3.05, 3.63) is 71.9 Å². The number of hydrogen-bond acceptors (Lipinski definition) is 3. The molecule has 0 atom stereocenters. The van der Waals surface area contributed by atoms with Crippen molar-refractivity contribution in [1.29, 1.82) is 0 Å². The molecule has 2 aromatic carbocycles. The first-order chi connectivity index (χ1) is 10.5. The van der Waals surface area contributed by atoms with E-state index >= 15 is 0 Å². The highest BCUT2D eigenvalue weighted by Crippen LogP contribution is 2.25. The van der Waals surface area contributed by atoms with Crippen molar-refractivity contribution < 1.29 is 13.0 Å². The molecule has 0 bridgehead atoms. The van der Waals surface area contributed by atoms with Gasteiger partial charge in [-0.05, 0) is 11.1 Å². The summed E-state index contributed by atoms with van der Waals surface area (Å²) in [4.78, 5) is 6.77. The topological polar surface area (TPSA) is 83.1 Å². The lowest BCUT2D eigenvalue weighted by Gasteiger charge is -2.03. The summed E-state index contributed by atoms with van der Waals surface area (Å²) in [6, 6.07) is 18.9. The molecule has 0 saturated carbocycles. The van der Waals surface area contributed by atoms with Crippen LogP contribution in [0.25, 0.3) is 11.3 Å². The van der Waals surface area contributed by atoms with Gasteiger partial charge in [0.25, 0.3) is 5.16 Å². The van der Waals surface area contributed by atoms with E-state index in [1.165, 1.54) is 0 Å². The summed E-state index contributed by atoms with van der Waals surface area (Å²) in [5.74, 6) is 0. The lowest BCUT2D eigenvalue weighted by Crippen LogP contribution is -2.00. The Morgan fingerprint density at radius 2 is 1.55 bits per heavy atom. The van der Waals surface area contributed by atoms with E-state index in [0.717, 1.165) is 11.1 Å². The molecule has 6 heteroatoms. The van der Waals surface area contributed by atoms with Crippen LogP contribution in [0.5, 0.6) is 0 Å². The maximum atomic E-state index is 11.3. The number of benzene rings is 2. The van der Waals surface area contributed by atoms with Crippen LogP contribution >= 0.6 is 0 Å². The molecule has 1 aromatic heterocycles. The monoisotopic (exact) mass is 314 g/mol. The molecule has 0 fully saturated rings. The highest BCUT2D eigenvalue weighted by atomic mass is 32.2. The van der Waals surface area contributed by atoms with Crippen LogP contribution in [0.3, 0.4) is 0 Å². The van der Waals surface area contributed by atoms with Gasteiger partial charge in [-0.1, -0.05) is 60.7 Å². The number of aromatic amines is 1. The maximum Gasteiger partial charge on any atom is 0.328 e. The van der Waals surface area contributed by atoms with Crippen molar-refractivity contribution in [2.75, 3.05) is 0 Å². The van der Waals surface area contributed by atoms with E-state index in [1.54, 1.807) is 0 Å². The lowest BCUT2D eigenvalue weighted by atomic mass is 10.0. The second kappa shape index (κ2) is 5.75. The van der Waals surface area contributed by atoms with E-state index in [2.05, 4.69) is 9.97 Å². The summed E-state index contributed by atoms with van der Waals surface area (Å²) >= 11 is 0. The number of nitrogens with zero attached hydrogens (tertiary/aromatic N) is 1. The van der Waals surface area contributed by atoms with Gasteiger partial charge in [0.2, 0.25) is 0 Å². The normalized spacial score (nSPS) is 11.5. The Morgan fingerprint density at radius 3 is 2.14 bits per heavy atom. The predicted octanol–water partition coefficient (Wildman–Crippen LogP) is 2.91. The van der Waals surface area contributed by atoms with Gasteiger partial charge < -0.3 is 4.98 Å². The lowest BCUT2D eigenvalue weighted by molar-refractivity contribution is 0.475. The zero-order valence-corrected chi connectivity index (χ0v) is 12.4. The summed E-state index contributed by atoms with van der Waals surface area (Å²) in [6.45, 7) is 0. The Bertz CT molecular complexity index is 872. The van der Waals surface area contributed by atoms with Crippen LogP contribution in [0.2, 0.25) is 0 Å². The molecular formula is C16H14N2O3S. The van der Waals surface area contributed by atoms with Gasteiger partial charge in [-0.2, -0.15) is 8.42 Å². The van der Waals surface area contributed by atoms with Crippen molar-refractivity contribution >= 4 is 10.1 Å². The highest BCUT2D eigenvalue weighted by molar-refractivity contribution is 7.85. The molecule has 5 nitrogen and oxygen atoms in total. The average Bonchev–Trinajstić information content (AvgIpc) is 2.93. The largest absolute Gasteiger partial charge is 0.328 e. The number of imidazole rings is 1. The molecule has 0 saturated heterocycles. The van der Waals surface area contributed by atoms with E-state index in [1.807, 2.05) is 60.7 Å². The van der Waals surface area contributed by atoms with Crippen molar-refractivity contribution in [3.8, 4) is 11.3 Å². The number of H-pyrrole nitrogens is 1. The van der Waals surface area contributed by atoms with Gasteiger partial charge in [0.1, 0.15) is 0 Å². The quantitative estimate of drug-likeness (QED) is 0.725. The fraction of sp³-hybridized carbons (Fsp3) is 0.0625. The fourth-order valence-electron chi connectivity index (χ4n) is 2.27. The number of nitrogens with one attached hydrogen (secondary N) is 1. The summed E-state index contributed by atoms with van der Waals surface area (Å²) in [5, 5.41) is -0.433. The van der Waals surface area contributed by atoms with Gasteiger partial charge in [-0.15, -0.1) is 0 Å². The minimum Gasteiger partial charge on any atom is -0.326 e. The Morgan fingerprint density at radius 1 is 0.955 bits per heavy atom. The molecule has 0 aliphatic carbocycles. The van der Waals surface area contributed by atoms with E-state index in [0.29, 0.717) is 17.8 Å². The molecule has 0 radical (unpaired) electrons. The zero-order chi connectivity index (χ0) is 15.6. The van der Waals surface area contributed by atoms with Crippen molar-refractivity contribution in [2.24, 2.45) is 0 Å². The third-order valence-electron chi connectivity index (χ3n) is 3.28. The molecule has 0 aliphatic heterocycles. The van der Waals surface area contributed by atoms with Crippen LogP contribution < -0.4 is 0 Å². The first kappa shape index (κ1) is 14.5. The Labute approximate surface area is 128 Å². The summed E-state index contributed by atoms with van der Waals surface area (Å²) < 4.78 is 31.9. The highest BCUT2D eigenvalue weighted by Gasteiger charge is 2.20. The Kier molecular flexibility index (Phi) is 3.79. The van der Waals surface area contributed by atoms with Crippen LogP contribution in [-0.2, 0) is 16.5 Å². The molecular weight excluding hydrogens is 300 g/mol. The molecule has 22 heavy (non-hydrogen) atoms. The van der Waals surface area contributed by atoms with E-state index in [4.69, 9.17) is 0 Å². The molecule has 112 valence electrons. The molecule has 0 spiro atoms. The number of aromatic nitrogens is 2. The summed E-state index contributed by atoms with van der Waals surface area (Å²) in [6.07, 6.45) is 0.469. The van der Waals surface area contributed by atoms with E-state index < -0.39 is 15.3 Å². The Hall–Kier alpha value is -2.44. The number of hydrogen-bond donors (Lipinski definition) is 2. The van der Waals surface area contributed by atoms with Crippen LogP contribution in [-0.4, -0.2) is 22.9 Å². The van der Waals surface area contributed by atoms with Crippen LogP contribution in [0.15, 0.2) is 65.8 Å². The summed E-state index contributed by atoms with van der Waals surface area (Å²) in [5.41, 5.74) is 2.99. The third kappa shape index (κ3) is 3.08. The van der Waals surface area contributed by atoms with Gasteiger partial charge in [-0.3, -0.25) is 4.55 Å². The first-order valence-electron chi connectivity index (χ1n) is 6.70. The van der Waals surface area contributed by atoms with E-state index in [-0.39, 0.29) is 0 Å². The molecule has 2 N–H and O–H groups in total. The molecule has 0 amide bonds. The van der Waals surface area contributed by atoms with Crippen LogP contribution in [0.1, 0.15) is 11.3 Å². The molecule has 0 aliphatic rings. The average molecular weight is 314 g/mol. The zero-order valence-electron chi connectivity index (χ0n) is 11.6. The van der Waals surface area contributed by atoms with Gasteiger partial charge in [-0.25, -0.2) is 4.98 Å². The second-order valence-corrected chi connectivity index (χ2v) is 6.20.